The van der Waals surface area contributed by atoms with Gasteiger partial charge in [0.25, 0.3) is 0 Å². The van der Waals surface area contributed by atoms with Crippen molar-refractivity contribution >= 4 is 0 Å². The first-order valence-corrected chi connectivity index (χ1v) is 7.56. The first kappa shape index (κ1) is 13.4. The zero-order valence-electron chi connectivity index (χ0n) is 11.8. The van der Waals surface area contributed by atoms with E-state index in [1.165, 1.54) is 44.9 Å². The Balaban J connectivity index is 1.74. The molecule has 0 radical (unpaired) electrons. The van der Waals surface area contributed by atoms with Crippen LogP contribution in [0, 0.1) is 5.92 Å². The van der Waals surface area contributed by atoms with Gasteiger partial charge in [0.15, 0.2) is 0 Å². The van der Waals surface area contributed by atoms with Gasteiger partial charge in [-0.2, -0.15) is 0 Å². The lowest BCUT2D eigenvalue weighted by Crippen LogP contribution is -2.39. The summed E-state index contributed by atoms with van der Waals surface area (Å²) in [5, 5.41) is 3.69. The molecule has 1 aliphatic heterocycles. The maximum atomic E-state index is 6.32. The standard InChI is InChI=1S/C15H29NO/c1-4-14(12(2)3)16-11-13-7-10-15(17-13)8-5-6-9-15/h12-14,16H,4-11H2,1-3H3. The summed E-state index contributed by atoms with van der Waals surface area (Å²) in [6.07, 6.45) is 9.64. The van der Waals surface area contributed by atoms with Crippen LogP contribution in [-0.4, -0.2) is 24.3 Å². The zero-order valence-corrected chi connectivity index (χ0v) is 11.8. The van der Waals surface area contributed by atoms with E-state index in [0.29, 0.717) is 17.7 Å². The summed E-state index contributed by atoms with van der Waals surface area (Å²) in [4.78, 5) is 0. The minimum absolute atomic E-state index is 0.298. The highest BCUT2D eigenvalue weighted by Gasteiger charge is 2.41. The second-order valence-corrected chi connectivity index (χ2v) is 6.34. The maximum absolute atomic E-state index is 6.32. The van der Waals surface area contributed by atoms with E-state index in [1.54, 1.807) is 0 Å². The summed E-state index contributed by atoms with van der Waals surface area (Å²) in [5.41, 5.74) is 0.298. The van der Waals surface area contributed by atoms with Crippen molar-refractivity contribution in [3.8, 4) is 0 Å². The molecule has 1 aliphatic carbocycles. The van der Waals surface area contributed by atoms with Gasteiger partial charge in [-0.05, 0) is 38.0 Å². The minimum Gasteiger partial charge on any atom is -0.370 e. The summed E-state index contributed by atoms with van der Waals surface area (Å²) in [6.45, 7) is 7.92. The van der Waals surface area contributed by atoms with Gasteiger partial charge in [-0.3, -0.25) is 0 Å². The molecule has 2 heteroatoms. The third-order valence-electron chi connectivity index (χ3n) is 4.71. The van der Waals surface area contributed by atoms with E-state index in [-0.39, 0.29) is 0 Å². The van der Waals surface area contributed by atoms with Crippen LogP contribution in [0.5, 0.6) is 0 Å². The molecular weight excluding hydrogens is 210 g/mol. The Bertz CT molecular complexity index is 233. The molecular formula is C15H29NO. The highest BCUT2D eigenvalue weighted by Crippen LogP contribution is 2.43. The van der Waals surface area contributed by atoms with E-state index in [9.17, 15) is 0 Å². The Morgan fingerprint density at radius 2 is 1.94 bits per heavy atom. The van der Waals surface area contributed by atoms with Gasteiger partial charge >= 0.3 is 0 Å². The molecule has 0 bridgehead atoms. The Morgan fingerprint density at radius 3 is 2.53 bits per heavy atom. The lowest BCUT2D eigenvalue weighted by molar-refractivity contribution is -0.0363. The van der Waals surface area contributed by atoms with Crippen molar-refractivity contribution in [3.05, 3.63) is 0 Å². The lowest BCUT2D eigenvalue weighted by Gasteiger charge is -2.26. The van der Waals surface area contributed by atoms with Crippen LogP contribution >= 0.6 is 0 Å². The molecule has 0 aromatic heterocycles. The predicted molar refractivity (Wildman–Crippen MR) is 72.2 cm³/mol. The molecule has 2 rings (SSSR count). The average molecular weight is 239 g/mol. The van der Waals surface area contributed by atoms with E-state index in [4.69, 9.17) is 4.74 Å². The van der Waals surface area contributed by atoms with Gasteiger partial charge < -0.3 is 10.1 Å². The van der Waals surface area contributed by atoms with E-state index in [2.05, 4.69) is 26.1 Å². The van der Waals surface area contributed by atoms with Gasteiger partial charge in [-0.15, -0.1) is 0 Å². The van der Waals surface area contributed by atoms with Gasteiger partial charge in [-0.1, -0.05) is 33.6 Å². The highest BCUT2D eigenvalue weighted by molar-refractivity contribution is 4.93. The zero-order chi connectivity index (χ0) is 12.3. The first-order valence-electron chi connectivity index (χ1n) is 7.56. The Kier molecular flexibility index (Phi) is 4.48. The number of hydrogen-bond acceptors (Lipinski definition) is 2. The van der Waals surface area contributed by atoms with Crippen molar-refractivity contribution < 1.29 is 4.74 Å². The smallest absolute Gasteiger partial charge is 0.0708 e. The van der Waals surface area contributed by atoms with Gasteiger partial charge in [-0.25, -0.2) is 0 Å². The van der Waals surface area contributed by atoms with Crippen molar-refractivity contribution in [1.29, 1.82) is 0 Å². The molecule has 2 atom stereocenters. The molecule has 2 nitrogen and oxygen atoms in total. The molecule has 1 saturated carbocycles. The Labute approximate surface area is 107 Å². The van der Waals surface area contributed by atoms with E-state index in [0.717, 1.165) is 12.5 Å². The van der Waals surface area contributed by atoms with E-state index >= 15 is 0 Å². The van der Waals surface area contributed by atoms with Crippen LogP contribution in [0.25, 0.3) is 0 Å². The normalized spacial score (nSPS) is 29.3. The van der Waals surface area contributed by atoms with Crippen LogP contribution in [0.3, 0.4) is 0 Å². The topological polar surface area (TPSA) is 21.3 Å². The minimum atomic E-state index is 0.298. The average Bonchev–Trinajstić information content (AvgIpc) is 2.91. The second-order valence-electron chi connectivity index (χ2n) is 6.34. The molecule has 2 fully saturated rings. The Morgan fingerprint density at radius 1 is 1.24 bits per heavy atom. The molecule has 0 amide bonds. The summed E-state index contributed by atoms with van der Waals surface area (Å²) in [6, 6.07) is 0.652. The van der Waals surface area contributed by atoms with Crippen molar-refractivity contribution in [2.45, 2.75) is 83.5 Å². The fraction of sp³-hybridized carbons (Fsp3) is 1.00. The van der Waals surface area contributed by atoms with Crippen LogP contribution in [0.4, 0.5) is 0 Å². The maximum Gasteiger partial charge on any atom is 0.0708 e. The SMILES string of the molecule is CCC(NCC1CCC2(CCCC2)O1)C(C)C. The van der Waals surface area contributed by atoms with Gasteiger partial charge in [0.05, 0.1) is 11.7 Å². The largest absolute Gasteiger partial charge is 0.370 e. The molecule has 1 N–H and O–H groups in total. The second kappa shape index (κ2) is 5.71. The van der Waals surface area contributed by atoms with Gasteiger partial charge in [0.2, 0.25) is 0 Å². The molecule has 1 heterocycles. The third kappa shape index (κ3) is 3.23. The quantitative estimate of drug-likeness (QED) is 0.793. The van der Waals surface area contributed by atoms with Crippen molar-refractivity contribution in [1.82, 2.24) is 5.32 Å². The number of hydrogen-bond donors (Lipinski definition) is 1. The van der Waals surface area contributed by atoms with Crippen molar-refractivity contribution in [2.75, 3.05) is 6.54 Å². The van der Waals surface area contributed by atoms with Crippen LogP contribution in [-0.2, 0) is 4.74 Å². The fourth-order valence-corrected chi connectivity index (χ4v) is 3.56. The van der Waals surface area contributed by atoms with Gasteiger partial charge in [0.1, 0.15) is 0 Å². The first-order chi connectivity index (χ1) is 8.15. The third-order valence-corrected chi connectivity index (χ3v) is 4.71. The number of ether oxygens (including phenoxy) is 1. The fourth-order valence-electron chi connectivity index (χ4n) is 3.56. The van der Waals surface area contributed by atoms with Crippen molar-refractivity contribution in [3.63, 3.8) is 0 Å². The number of rotatable bonds is 5. The van der Waals surface area contributed by atoms with Crippen LogP contribution in [0.1, 0.15) is 65.7 Å². The number of nitrogens with one attached hydrogen (secondary N) is 1. The molecule has 2 unspecified atom stereocenters. The molecule has 17 heavy (non-hydrogen) atoms. The monoisotopic (exact) mass is 239 g/mol. The summed E-state index contributed by atoms with van der Waals surface area (Å²) in [7, 11) is 0. The highest BCUT2D eigenvalue weighted by atomic mass is 16.5. The van der Waals surface area contributed by atoms with E-state index < -0.39 is 0 Å². The molecule has 2 aliphatic rings. The molecule has 0 aromatic rings. The summed E-state index contributed by atoms with van der Waals surface area (Å²) in [5.74, 6) is 0.724. The lowest BCUT2D eigenvalue weighted by atomic mass is 9.98. The Hall–Kier alpha value is -0.0800. The molecule has 1 spiro atoms. The molecule has 1 saturated heterocycles. The summed E-state index contributed by atoms with van der Waals surface area (Å²) >= 11 is 0. The summed E-state index contributed by atoms with van der Waals surface area (Å²) < 4.78 is 6.32. The van der Waals surface area contributed by atoms with Crippen LogP contribution < -0.4 is 5.32 Å². The van der Waals surface area contributed by atoms with Crippen molar-refractivity contribution in [2.24, 2.45) is 5.92 Å². The van der Waals surface area contributed by atoms with Crippen LogP contribution in [0.15, 0.2) is 0 Å². The van der Waals surface area contributed by atoms with E-state index in [1.807, 2.05) is 0 Å². The molecule has 0 aromatic carbocycles. The predicted octanol–water partition coefficient (Wildman–Crippen LogP) is 3.50. The van der Waals surface area contributed by atoms with Gasteiger partial charge in [0, 0.05) is 12.6 Å². The van der Waals surface area contributed by atoms with Crippen LogP contribution in [0.2, 0.25) is 0 Å². The molecule has 100 valence electrons.